The minimum absolute atomic E-state index is 0.128. The van der Waals surface area contributed by atoms with Crippen LogP contribution in [-0.2, 0) is 22.6 Å². The second kappa shape index (κ2) is 7.21. The van der Waals surface area contributed by atoms with Gasteiger partial charge in [0, 0.05) is 5.41 Å². The third-order valence-electron chi connectivity index (χ3n) is 6.38. The van der Waals surface area contributed by atoms with Crippen molar-refractivity contribution in [1.29, 1.82) is 0 Å². The Hall–Kier alpha value is -2.82. The lowest BCUT2D eigenvalue weighted by Gasteiger charge is -2.72. The number of hydrogen-bond acceptors (Lipinski definition) is 3. The molecule has 5 heteroatoms. The van der Waals surface area contributed by atoms with Gasteiger partial charge in [-0.25, -0.2) is 9.59 Å². The molecule has 3 saturated carbocycles. The molecule has 0 heterocycles. The van der Waals surface area contributed by atoms with Gasteiger partial charge in [-0.05, 0) is 56.1 Å². The van der Waals surface area contributed by atoms with E-state index in [4.69, 9.17) is 4.74 Å². The number of aliphatic carboxylic acids is 1. The van der Waals surface area contributed by atoms with E-state index in [1.54, 1.807) is 0 Å². The minimum Gasteiger partial charge on any atom is -0.480 e. The van der Waals surface area contributed by atoms with Crippen molar-refractivity contribution in [3.8, 4) is 0 Å². The van der Waals surface area contributed by atoms with Crippen LogP contribution in [0.5, 0.6) is 0 Å². The molecule has 2 bridgehead atoms. The van der Waals surface area contributed by atoms with E-state index >= 15 is 0 Å². The molecule has 3 fully saturated rings. The summed E-state index contributed by atoms with van der Waals surface area (Å²) in [6.45, 7) is 4.33. The lowest BCUT2D eigenvalue weighted by Crippen LogP contribution is -2.72. The molecular formula is C24H27NO4. The number of carbonyl (C=O) groups is 2. The van der Waals surface area contributed by atoms with Crippen LogP contribution in [-0.4, -0.2) is 23.2 Å². The normalized spacial score (nSPS) is 25.3. The second-order valence-electron chi connectivity index (χ2n) is 9.04. The van der Waals surface area contributed by atoms with Crippen molar-refractivity contribution < 1.29 is 19.4 Å². The summed E-state index contributed by atoms with van der Waals surface area (Å²) in [4.78, 5) is 24.0. The first-order valence-corrected chi connectivity index (χ1v) is 10.1. The first kappa shape index (κ1) is 19.5. The highest BCUT2D eigenvalue weighted by Gasteiger charge is 2.71. The average Bonchev–Trinajstić information content (AvgIpc) is 2.60. The summed E-state index contributed by atoms with van der Waals surface area (Å²) in [5.41, 5.74) is 4.55. The fourth-order valence-electron chi connectivity index (χ4n) is 5.54. The zero-order valence-corrected chi connectivity index (χ0v) is 16.9. The van der Waals surface area contributed by atoms with Gasteiger partial charge in [0.1, 0.15) is 12.6 Å². The van der Waals surface area contributed by atoms with Crippen LogP contribution in [0, 0.1) is 24.7 Å². The van der Waals surface area contributed by atoms with Gasteiger partial charge in [-0.2, -0.15) is 0 Å². The molecule has 152 valence electrons. The van der Waals surface area contributed by atoms with Gasteiger partial charge >= 0.3 is 12.1 Å². The number of nitrogens with one attached hydrogen (secondary N) is 1. The fourth-order valence-corrected chi connectivity index (χ4v) is 5.54. The van der Waals surface area contributed by atoms with E-state index in [0.29, 0.717) is 0 Å². The molecule has 5 nitrogen and oxygen atoms in total. The first-order valence-electron chi connectivity index (χ1n) is 10.1. The van der Waals surface area contributed by atoms with Crippen LogP contribution in [0.2, 0.25) is 0 Å². The number of benzene rings is 2. The van der Waals surface area contributed by atoms with Gasteiger partial charge in [-0.15, -0.1) is 0 Å². The summed E-state index contributed by atoms with van der Waals surface area (Å²) in [5.74, 6) is -0.985. The predicted molar refractivity (Wildman–Crippen MR) is 110 cm³/mol. The smallest absolute Gasteiger partial charge is 0.408 e. The number of hydrogen-bond donors (Lipinski definition) is 2. The van der Waals surface area contributed by atoms with E-state index in [0.717, 1.165) is 31.2 Å². The molecule has 0 aliphatic heterocycles. The Bertz CT molecular complexity index is 897. The lowest BCUT2D eigenvalue weighted by atomic mass is 9.32. The lowest BCUT2D eigenvalue weighted by molar-refractivity contribution is -0.223. The number of carboxylic acid groups (broad SMARTS) is 1. The molecule has 2 aromatic rings. The van der Waals surface area contributed by atoms with Gasteiger partial charge in [-0.3, -0.25) is 0 Å². The summed E-state index contributed by atoms with van der Waals surface area (Å²) < 4.78 is 5.22. The molecule has 3 aliphatic carbocycles. The highest BCUT2D eigenvalue weighted by atomic mass is 16.5. The number of alkyl carbamates (subject to hydrolysis) is 1. The third kappa shape index (κ3) is 3.86. The van der Waals surface area contributed by atoms with Gasteiger partial charge in [0.15, 0.2) is 0 Å². The van der Waals surface area contributed by atoms with Crippen molar-refractivity contribution in [2.75, 3.05) is 0 Å². The Labute approximate surface area is 171 Å². The molecule has 1 atom stereocenters. The Kier molecular flexibility index (Phi) is 4.85. The number of carbonyl (C=O) groups excluding carboxylic acids is 1. The van der Waals surface area contributed by atoms with Gasteiger partial charge in [0.05, 0.1) is 0 Å². The van der Waals surface area contributed by atoms with Crippen LogP contribution in [0.25, 0.3) is 0 Å². The van der Waals surface area contributed by atoms with Crippen LogP contribution >= 0.6 is 0 Å². The molecule has 1 amide bonds. The zero-order chi connectivity index (χ0) is 20.6. The van der Waals surface area contributed by atoms with Crippen LogP contribution in [0.4, 0.5) is 4.79 Å². The van der Waals surface area contributed by atoms with Crippen molar-refractivity contribution in [1.82, 2.24) is 5.32 Å². The molecule has 3 aliphatic rings. The largest absolute Gasteiger partial charge is 0.480 e. The Balaban J connectivity index is 1.34. The quantitative estimate of drug-likeness (QED) is 0.731. The van der Waals surface area contributed by atoms with Crippen LogP contribution in [0.3, 0.4) is 0 Å². The van der Waals surface area contributed by atoms with E-state index in [1.807, 2.05) is 30.3 Å². The van der Waals surface area contributed by atoms with E-state index in [9.17, 15) is 14.7 Å². The molecule has 2 N–H and O–H groups in total. The van der Waals surface area contributed by atoms with E-state index in [2.05, 4.69) is 37.4 Å². The van der Waals surface area contributed by atoms with E-state index < -0.39 is 18.1 Å². The highest BCUT2D eigenvalue weighted by Crippen LogP contribution is 2.75. The maximum Gasteiger partial charge on any atom is 0.408 e. The number of aryl methyl sites for hydroxylation is 2. The zero-order valence-electron chi connectivity index (χ0n) is 16.9. The van der Waals surface area contributed by atoms with Gasteiger partial charge < -0.3 is 15.2 Å². The Morgan fingerprint density at radius 2 is 1.66 bits per heavy atom. The van der Waals surface area contributed by atoms with Gasteiger partial charge in [0.2, 0.25) is 0 Å². The molecule has 2 aromatic carbocycles. The van der Waals surface area contributed by atoms with Crippen LogP contribution in [0.15, 0.2) is 48.5 Å². The van der Waals surface area contributed by atoms with E-state index in [-0.39, 0.29) is 17.4 Å². The topological polar surface area (TPSA) is 75.6 Å². The van der Waals surface area contributed by atoms with Crippen molar-refractivity contribution in [3.05, 3.63) is 70.8 Å². The third-order valence-corrected chi connectivity index (χ3v) is 6.38. The number of ether oxygens (including phenoxy) is 1. The van der Waals surface area contributed by atoms with Crippen molar-refractivity contribution >= 4 is 12.1 Å². The molecule has 0 aromatic heterocycles. The number of carboxylic acids is 1. The first-order chi connectivity index (χ1) is 13.8. The number of amides is 1. The summed E-state index contributed by atoms with van der Waals surface area (Å²) in [6, 6.07) is 15.1. The highest BCUT2D eigenvalue weighted by molar-refractivity contribution is 5.81. The molecule has 5 rings (SSSR count). The summed E-state index contributed by atoms with van der Waals surface area (Å²) in [6.07, 6.45) is 2.81. The van der Waals surface area contributed by atoms with E-state index in [1.165, 1.54) is 16.7 Å². The predicted octanol–water partition coefficient (Wildman–Crippen LogP) is 4.40. The van der Waals surface area contributed by atoms with Crippen molar-refractivity contribution in [2.24, 2.45) is 10.8 Å². The molecule has 0 saturated heterocycles. The van der Waals surface area contributed by atoms with Crippen molar-refractivity contribution in [2.45, 2.75) is 52.2 Å². The molecule has 29 heavy (non-hydrogen) atoms. The summed E-state index contributed by atoms with van der Waals surface area (Å²) >= 11 is 0. The molecule has 1 unspecified atom stereocenters. The maximum absolute atomic E-state index is 12.2. The van der Waals surface area contributed by atoms with Crippen LogP contribution in [0.1, 0.15) is 41.5 Å². The maximum atomic E-state index is 12.2. The monoisotopic (exact) mass is 393 g/mol. The summed E-state index contributed by atoms with van der Waals surface area (Å²) in [7, 11) is 0. The minimum atomic E-state index is -0.985. The van der Waals surface area contributed by atoms with Crippen LogP contribution < -0.4 is 5.32 Å². The number of rotatable bonds is 7. The van der Waals surface area contributed by atoms with Crippen molar-refractivity contribution in [3.63, 3.8) is 0 Å². The SMILES string of the molecule is Cc1cc(C)cc(CC23CC(C(NC(=O)OCc4ccccc4)C(=O)O)(C2)C3)c1. The van der Waals surface area contributed by atoms with Gasteiger partial charge in [-0.1, -0.05) is 59.7 Å². The summed E-state index contributed by atoms with van der Waals surface area (Å²) in [5, 5.41) is 12.3. The molecule has 0 radical (unpaired) electrons. The molecule has 0 spiro atoms. The standard InChI is InChI=1S/C24H27NO4/c1-16-8-17(2)10-19(9-16)11-23-13-24(14-23,15-23)20(21(26)27)25-22(28)29-12-18-6-4-3-5-7-18/h3-10,20H,11-15H2,1-2H3,(H,25,28)(H,26,27). The molecular weight excluding hydrogens is 366 g/mol. The van der Waals surface area contributed by atoms with Gasteiger partial charge in [0.25, 0.3) is 0 Å². The fraction of sp³-hybridized carbons (Fsp3) is 0.417. The Morgan fingerprint density at radius 1 is 1.03 bits per heavy atom. The average molecular weight is 393 g/mol. The Morgan fingerprint density at radius 3 is 2.24 bits per heavy atom. The second-order valence-corrected chi connectivity index (χ2v) is 9.04.